The van der Waals surface area contributed by atoms with Crippen LogP contribution in [0, 0.1) is 6.92 Å². The first kappa shape index (κ1) is 13.4. The van der Waals surface area contributed by atoms with E-state index in [1.807, 2.05) is 48.4 Å². The fourth-order valence-electron chi connectivity index (χ4n) is 2.29. The summed E-state index contributed by atoms with van der Waals surface area (Å²) in [5.41, 5.74) is 3.25. The number of aryl methyl sites for hydroxylation is 2. The quantitative estimate of drug-likeness (QED) is 0.796. The molecule has 0 fully saturated rings. The summed E-state index contributed by atoms with van der Waals surface area (Å²) in [5, 5.41) is 3.52. The van der Waals surface area contributed by atoms with Crippen molar-refractivity contribution in [1.29, 1.82) is 0 Å². The number of hydrogen-bond donors (Lipinski definition) is 1. The highest BCUT2D eigenvalue weighted by molar-refractivity contribution is 5.47. The number of pyridine rings is 1. The topological polar surface area (TPSA) is 42.7 Å². The van der Waals surface area contributed by atoms with E-state index in [-0.39, 0.29) is 6.04 Å². The summed E-state index contributed by atoms with van der Waals surface area (Å²) in [6.07, 6.45) is 5.56. The predicted molar refractivity (Wildman–Crippen MR) is 84.1 cm³/mol. The van der Waals surface area contributed by atoms with Crippen LogP contribution in [-0.2, 0) is 7.05 Å². The van der Waals surface area contributed by atoms with Gasteiger partial charge in [0.15, 0.2) is 0 Å². The van der Waals surface area contributed by atoms with Crippen LogP contribution in [0.25, 0.3) is 0 Å². The van der Waals surface area contributed by atoms with Crippen LogP contribution in [0.1, 0.15) is 23.1 Å². The number of aromatic nitrogens is 3. The van der Waals surface area contributed by atoms with Crippen molar-refractivity contribution in [1.82, 2.24) is 14.5 Å². The summed E-state index contributed by atoms with van der Waals surface area (Å²) in [6.45, 7) is 2.08. The van der Waals surface area contributed by atoms with E-state index >= 15 is 0 Å². The molecule has 1 aromatic carbocycles. The van der Waals surface area contributed by atoms with Gasteiger partial charge in [-0.05, 0) is 31.2 Å². The molecule has 0 saturated heterocycles. The number of imidazole rings is 1. The smallest absolute Gasteiger partial charge is 0.137 e. The first-order valence-corrected chi connectivity index (χ1v) is 6.95. The second-order valence-electron chi connectivity index (χ2n) is 5.09. The SMILES string of the molecule is Cc1ccc(NC(c2ccccn2)c2nccn2C)cc1. The molecule has 21 heavy (non-hydrogen) atoms. The average Bonchev–Trinajstić information content (AvgIpc) is 2.93. The largest absolute Gasteiger partial charge is 0.370 e. The van der Waals surface area contributed by atoms with E-state index in [1.54, 1.807) is 0 Å². The van der Waals surface area contributed by atoms with Crippen LogP contribution in [0.5, 0.6) is 0 Å². The Morgan fingerprint density at radius 3 is 2.43 bits per heavy atom. The van der Waals surface area contributed by atoms with Gasteiger partial charge in [-0.3, -0.25) is 4.98 Å². The van der Waals surface area contributed by atoms with Gasteiger partial charge in [0.25, 0.3) is 0 Å². The maximum absolute atomic E-state index is 4.47. The molecule has 0 aliphatic heterocycles. The van der Waals surface area contributed by atoms with Crippen molar-refractivity contribution < 1.29 is 0 Å². The van der Waals surface area contributed by atoms with Gasteiger partial charge in [-0.2, -0.15) is 0 Å². The van der Waals surface area contributed by atoms with Crippen LogP contribution in [-0.4, -0.2) is 14.5 Å². The fraction of sp³-hybridized carbons (Fsp3) is 0.176. The van der Waals surface area contributed by atoms with Crippen LogP contribution in [0.3, 0.4) is 0 Å². The van der Waals surface area contributed by atoms with Crippen molar-refractivity contribution in [3.8, 4) is 0 Å². The first-order valence-electron chi connectivity index (χ1n) is 6.95. The van der Waals surface area contributed by atoms with Gasteiger partial charge in [0.2, 0.25) is 0 Å². The summed E-state index contributed by atoms with van der Waals surface area (Å²) in [6, 6.07) is 14.2. The predicted octanol–water partition coefficient (Wildman–Crippen LogP) is 3.33. The molecule has 0 saturated carbocycles. The minimum Gasteiger partial charge on any atom is -0.370 e. The molecule has 0 aliphatic rings. The van der Waals surface area contributed by atoms with Crippen molar-refractivity contribution in [3.05, 3.63) is 78.1 Å². The van der Waals surface area contributed by atoms with E-state index in [0.717, 1.165) is 17.2 Å². The van der Waals surface area contributed by atoms with E-state index in [9.17, 15) is 0 Å². The molecule has 0 aliphatic carbocycles. The monoisotopic (exact) mass is 278 g/mol. The zero-order valence-corrected chi connectivity index (χ0v) is 12.2. The van der Waals surface area contributed by atoms with Crippen molar-refractivity contribution in [2.45, 2.75) is 13.0 Å². The van der Waals surface area contributed by atoms with Crippen molar-refractivity contribution in [3.63, 3.8) is 0 Å². The average molecular weight is 278 g/mol. The third-order valence-corrected chi connectivity index (χ3v) is 3.46. The minimum atomic E-state index is -0.0751. The Labute approximate surface area is 124 Å². The van der Waals surface area contributed by atoms with Gasteiger partial charge in [-0.1, -0.05) is 23.8 Å². The van der Waals surface area contributed by atoms with E-state index in [0.29, 0.717) is 0 Å². The normalized spacial score (nSPS) is 12.1. The molecule has 0 amide bonds. The third kappa shape index (κ3) is 2.94. The Hall–Kier alpha value is -2.62. The summed E-state index contributed by atoms with van der Waals surface area (Å²) >= 11 is 0. The molecule has 106 valence electrons. The van der Waals surface area contributed by atoms with Crippen molar-refractivity contribution >= 4 is 5.69 Å². The lowest BCUT2D eigenvalue weighted by atomic mass is 10.1. The minimum absolute atomic E-state index is 0.0751. The van der Waals surface area contributed by atoms with Crippen LogP contribution in [0.4, 0.5) is 5.69 Å². The van der Waals surface area contributed by atoms with E-state index in [1.165, 1.54) is 5.56 Å². The van der Waals surface area contributed by atoms with Gasteiger partial charge in [0.05, 0.1) is 5.69 Å². The lowest BCUT2D eigenvalue weighted by Crippen LogP contribution is -2.17. The summed E-state index contributed by atoms with van der Waals surface area (Å²) in [7, 11) is 2.00. The molecule has 1 atom stereocenters. The second kappa shape index (κ2) is 5.79. The highest BCUT2D eigenvalue weighted by Crippen LogP contribution is 2.24. The van der Waals surface area contributed by atoms with Gasteiger partial charge < -0.3 is 9.88 Å². The molecule has 2 heterocycles. The number of benzene rings is 1. The van der Waals surface area contributed by atoms with Gasteiger partial charge in [0, 0.05) is 31.3 Å². The Balaban J connectivity index is 1.97. The first-order chi connectivity index (χ1) is 10.2. The Morgan fingerprint density at radius 1 is 1.00 bits per heavy atom. The molecule has 1 unspecified atom stereocenters. The number of anilines is 1. The molecule has 3 aromatic rings. The lowest BCUT2D eigenvalue weighted by molar-refractivity contribution is 0.732. The van der Waals surface area contributed by atoms with Gasteiger partial charge in [-0.15, -0.1) is 0 Å². The van der Waals surface area contributed by atoms with Crippen molar-refractivity contribution in [2.75, 3.05) is 5.32 Å². The fourth-order valence-corrected chi connectivity index (χ4v) is 2.29. The van der Waals surface area contributed by atoms with Crippen molar-refractivity contribution in [2.24, 2.45) is 7.05 Å². The highest BCUT2D eigenvalue weighted by atomic mass is 15.1. The number of nitrogens with one attached hydrogen (secondary N) is 1. The molecule has 4 nitrogen and oxygen atoms in total. The summed E-state index contributed by atoms with van der Waals surface area (Å²) in [5.74, 6) is 0.939. The molecule has 0 bridgehead atoms. The highest BCUT2D eigenvalue weighted by Gasteiger charge is 2.19. The van der Waals surface area contributed by atoms with Crippen LogP contribution >= 0.6 is 0 Å². The Bertz CT molecular complexity index is 701. The van der Waals surface area contributed by atoms with Gasteiger partial charge in [0.1, 0.15) is 11.9 Å². The molecule has 2 aromatic heterocycles. The molecular weight excluding hydrogens is 260 g/mol. The van der Waals surface area contributed by atoms with E-state index in [4.69, 9.17) is 0 Å². The summed E-state index contributed by atoms with van der Waals surface area (Å²) in [4.78, 5) is 8.94. The van der Waals surface area contributed by atoms with E-state index in [2.05, 4.69) is 46.5 Å². The zero-order valence-electron chi connectivity index (χ0n) is 12.2. The molecular formula is C17H18N4. The lowest BCUT2D eigenvalue weighted by Gasteiger charge is -2.19. The molecule has 4 heteroatoms. The molecule has 0 spiro atoms. The third-order valence-electron chi connectivity index (χ3n) is 3.46. The molecule has 3 rings (SSSR count). The molecule has 0 radical (unpaired) electrons. The number of hydrogen-bond acceptors (Lipinski definition) is 3. The maximum atomic E-state index is 4.47. The number of nitrogens with zero attached hydrogens (tertiary/aromatic N) is 3. The zero-order chi connectivity index (χ0) is 14.7. The standard InChI is InChI=1S/C17H18N4/c1-13-6-8-14(9-7-13)20-16(15-5-3-4-10-18-15)17-19-11-12-21(17)2/h3-12,16,20H,1-2H3. The second-order valence-corrected chi connectivity index (χ2v) is 5.09. The Kier molecular flexibility index (Phi) is 3.69. The maximum Gasteiger partial charge on any atom is 0.137 e. The van der Waals surface area contributed by atoms with Crippen LogP contribution in [0.15, 0.2) is 61.1 Å². The Morgan fingerprint density at radius 2 is 1.81 bits per heavy atom. The van der Waals surface area contributed by atoms with E-state index < -0.39 is 0 Å². The molecule has 1 N–H and O–H groups in total. The van der Waals surface area contributed by atoms with Crippen LogP contribution < -0.4 is 5.32 Å². The number of rotatable bonds is 4. The summed E-state index contributed by atoms with van der Waals surface area (Å²) < 4.78 is 2.01. The van der Waals surface area contributed by atoms with Gasteiger partial charge >= 0.3 is 0 Å². The van der Waals surface area contributed by atoms with Crippen LogP contribution in [0.2, 0.25) is 0 Å². The van der Waals surface area contributed by atoms with Gasteiger partial charge in [-0.25, -0.2) is 4.98 Å².